The maximum Gasteiger partial charge on any atom is 0.208 e. The number of benzene rings is 1. The summed E-state index contributed by atoms with van der Waals surface area (Å²) >= 11 is 0. The quantitative estimate of drug-likeness (QED) is 0.678. The first-order chi connectivity index (χ1) is 6.66. The van der Waals surface area contributed by atoms with E-state index in [2.05, 4.69) is 36.2 Å². The molecule has 1 unspecified atom stereocenters. The Labute approximate surface area is 84.0 Å². The molecule has 0 N–H and O–H groups in total. The number of rotatable bonds is 1. The predicted octanol–water partition coefficient (Wildman–Crippen LogP) is 2.29. The van der Waals surface area contributed by atoms with Gasteiger partial charge in [-0.05, 0) is 12.5 Å². The van der Waals surface area contributed by atoms with Crippen LogP contribution in [0.25, 0.3) is 0 Å². The summed E-state index contributed by atoms with van der Waals surface area (Å²) in [5.74, 6) is 0.720. The molecule has 0 saturated heterocycles. The number of hydrogen-bond acceptors (Lipinski definition) is 3. The lowest BCUT2D eigenvalue weighted by Gasteiger charge is -2.15. The summed E-state index contributed by atoms with van der Waals surface area (Å²) in [7, 11) is 1.89. The van der Waals surface area contributed by atoms with Crippen molar-refractivity contribution >= 4 is 5.90 Å². The van der Waals surface area contributed by atoms with Crippen LogP contribution in [0.2, 0.25) is 0 Å². The van der Waals surface area contributed by atoms with Gasteiger partial charge in [-0.15, -0.1) is 5.06 Å². The zero-order valence-electron chi connectivity index (χ0n) is 8.69. The molecule has 1 aromatic carbocycles. The van der Waals surface area contributed by atoms with Crippen LogP contribution in [0, 0.1) is 6.92 Å². The third-order valence-corrected chi connectivity index (χ3v) is 2.30. The summed E-state index contributed by atoms with van der Waals surface area (Å²) in [6.45, 7) is 3.94. The fraction of sp³-hybridized carbons (Fsp3) is 0.364. The molecule has 74 valence electrons. The smallest absolute Gasteiger partial charge is 0.208 e. The zero-order valence-corrected chi connectivity index (χ0v) is 8.69. The average molecular weight is 190 g/mol. The molecule has 0 aromatic heterocycles. The number of hydroxylamine groups is 2. The third kappa shape index (κ3) is 1.63. The highest BCUT2D eigenvalue weighted by molar-refractivity contribution is 5.74. The predicted molar refractivity (Wildman–Crippen MR) is 55.9 cm³/mol. The monoisotopic (exact) mass is 190 g/mol. The molecule has 0 aliphatic carbocycles. The van der Waals surface area contributed by atoms with Crippen molar-refractivity contribution in [1.29, 1.82) is 0 Å². The van der Waals surface area contributed by atoms with Gasteiger partial charge in [-0.1, -0.05) is 29.8 Å². The molecule has 1 aromatic rings. The average Bonchev–Trinajstić information content (AvgIpc) is 2.47. The Morgan fingerprint density at radius 3 is 2.36 bits per heavy atom. The topological polar surface area (TPSA) is 24.8 Å². The normalized spacial score (nSPS) is 21.9. The van der Waals surface area contributed by atoms with Gasteiger partial charge in [0.1, 0.15) is 0 Å². The van der Waals surface area contributed by atoms with Crippen molar-refractivity contribution < 1.29 is 4.84 Å². The van der Waals surface area contributed by atoms with Gasteiger partial charge in [-0.2, -0.15) is 0 Å². The SMILES string of the molecule is CC1=NC(c2ccc(C)cc2)N(C)O1. The lowest BCUT2D eigenvalue weighted by atomic mass is 10.1. The maximum atomic E-state index is 5.34. The Hall–Kier alpha value is -1.35. The minimum Gasteiger partial charge on any atom is -0.389 e. The van der Waals surface area contributed by atoms with Gasteiger partial charge in [0.25, 0.3) is 0 Å². The van der Waals surface area contributed by atoms with Crippen LogP contribution in [-0.2, 0) is 4.84 Å². The fourth-order valence-corrected chi connectivity index (χ4v) is 1.56. The number of nitrogens with zero attached hydrogens (tertiary/aromatic N) is 2. The molecule has 0 radical (unpaired) electrons. The first kappa shape index (κ1) is 9.21. The molecule has 3 heteroatoms. The number of aliphatic imine (C=N–C) groups is 1. The molecule has 0 amide bonds. The lowest BCUT2D eigenvalue weighted by molar-refractivity contribution is -0.0583. The molecule has 2 rings (SSSR count). The summed E-state index contributed by atoms with van der Waals surface area (Å²) in [4.78, 5) is 9.73. The van der Waals surface area contributed by atoms with E-state index in [1.54, 1.807) is 5.06 Å². The molecule has 1 atom stereocenters. The van der Waals surface area contributed by atoms with Crippen LogP contribution in [0.5, 0.6) is 0 Å². The molecule has 0 fully saturated rings. The van der Waals surface area contributed by atoms with E-state index in [1.807, 2.05) is 14.0 Å². The van der Waals surface area contributed by atoms with Crippen molar-refractivity contribution in [2.75, 3.05) is 7.05 Å². The van der Waals surface area contributed by atoms with Crippen LogP contribution in [0.4, 0.5) is 0 Å². The largest absolute Gasteiger partial charge is 0.389 e. The Kier molecular flexibility index (Phi) is 2.25. The second kappa shape index (κ2) is 3.42. The first-order valence-corrected chi connectivity index (χ1v) is 4.68. The van der Waals surface area contributed by atoms with Gasteiger partial charge in [0, 0.05) is 14.0 Å². The van der Waals surface area contributed by atoms with Crippen molar-refractivity contribution in [2.24, 2.45) is 4.99 Å². The van der Waals surface area contributed by atoms with E-state index in [0.29, 0.717) is 0 Å². The Balaban J connectivity index is 2.27. The van der Waals surface area contributed by atoms with Gasteiger partial charge in [-0.25, -0.2) is 4.99 Å². The minimum atomic E-state index is 0.00981. The molecule has 1 aliphatic heterocycles. The van der Waals surface area contributed by atoms with Crippen LogP contribution >= 0.6 is 0 Å². The molecular formula is C11H14N2O. The van der Waals surface area contributed by atoms with Crippen LogP contribution < -0.4 is 0 Å². The van der Waals surface area contributed by atoms with E-state index in [1.165, 1.54) is 5.56 Å². The summed E-state index contributed by atoms with van der Waals surface area (Å²) in [6.07, 6.45) is 0.00981. The first-order valence-electron chi connectivity index (χ1n) is 4.68. The fourth-order valence-electron chi connectivity index (χ4n) is 1.56. The number of aryl methyl sites for hydroxylation is 1. The van der Waals surface area contributed by atoms with Crippen LogP contribution in [0.15, 0.2) is 29.3 Å². The third-order valence-electron chi connectivity index (χ3n) is 2.30. The summed E-state index contributed by atoms with van der Waals surface area (Å²) in [6, 6.07) is 8.35. The molecular weight excluding hydrogens is 176 g/mol. The van der Waals surface area contributed by atoms with Crippen LogP contribution in [0.1, 0.15) is 24.2 Å². The van der Waals surface area contributed by atoms with Crippen LogP contribution in [-0.4, -0.2) is 18.0 Å². The highest BCUT2D eigenvalue weighted by Crippen LogP contribution is 2.26. The van der Waals surface area contributed by atoms with Gasteiger partial charge in [0.15, 0.2) is 6.17 Å². The minimum absolute atomic E-state index is 0.00981. The second-order valence-electron chi connectivity index (χ2n) is 3.57. The van der Waals surface area contributed by atoms with Crippen molar-refractivity contribution in [3.63, 3.8) is 0 Å². The molecule has 0 bridgehead atoms. The lowest BCUT2D eigenvalue weighted by Crippen LogP contribution is -2.17. The highest BCUT2D eigenvalue weighted by Gasteiger charge is 2.23. The standard InChI is InChI=1S/C11H14N2O/c1-8-4-6-10(7-5-8)11-12-9(2)14-13(11)3/h4-7,11H,1-3H3. The Morgan fingerprint density at radius 1 is 1.21 bits per heavy atom. The van der Waals surface area contributed by atoms with Gasteiger partial charge < -0.3 is 4.84 Å². The van der Waals surface area contributed by atoms with Gasteiger partial charge >= 0.3 is 0 Å². The summed E-state index contributed by atoms with van der Waals surface area (Å²) in [5.41, 5.74) is 2.42. The van der Waals surface area contributed by atoms with Crippen LogP contribution in [0.3, 0.4) is 0 Å². The molecule has 3 nitrogen and oxygen atoms in total. The van der Waals surface area contributed by atoms with Gasteiger partial charge in [-0.3, -0.25) is 0 Å². The Bertz CT molecular complexity index is 356. The van der Waals surface area contributed by atoms with Crippen molar-refractivity contribution in [3.8, 4) is 0 Å². The Morgan fingerprint density at radius 2 is 1.86 bits per heavy atom. The summed E-state index contributed by atoms with van der Waals surface area (Å²) in [5, 5.41) is 1.76. The molecule has 14 heavy (non-hydrogen) atoms. The molecule has 0 saturated carbocycles. The highest BCUT2D eigenvalue weighted by atomic mass is 16.7. The van der Waals surface area contributed by atoms with E-state index < -0.39 is 0 Å². The van der Waals surface area contributed by atoms with E-state index >= 15 is 0 Å². The van der Waals surface area contributed by atoms with Crippen molar-refractivity contribution in [3.05, 3.63) is 35.4 Å². The number of hydrogen-bond donors (Lipinski definition) is 0. The van der Waals surface area contributed by atoms with E-state index in [9.17, 15) is 0 Å². The van der Waals surface area contributed by atoms with E-state index in [4.69, 9.17) is 4.84 Å². The second-order valence-corrected chi connectivity index (χ2v) is 3.57. The van der Waals surface area contributed by atoms with Crippen molar-refractivity contribution in [1.82, 2.24) is 5.06 Å². The van der Waals surface area contributed by atoms with Gasteiger partial charge in [0.05, 0.1) is 0 Å². The van der Waals surface area contributed by atoms with Crippen molar-refractivity contribution in [2.45, 2.75) is 20.0 Å². The zero-order chi connectivity index (χ0) is 10.1. The van der Waals surface area contributed by atoms with Gasteiger partial charge in [0.2, 0.25) is 5.90 Å². The molecule has 1 heterocycles. The van der Waals surface area contributed by atoms with E-state index in [-0.39, 0.29) is 6.17 Å². The molecule has 1 aliphatic rings. The van der Waals surface area contributed by atoms with E-state index in [0.717, 1.165) is 11.5 Å². The maximum absolute atomic E-state index is 5.34. The summed E-state index contributed by atoms with van der Waals surface area (Å²) < 4.78 is 0. The molecule has 0 spiro atoms.